The molecule has 3 nitrogen and oxygen atoms in total. The molecule has 19 heavy (non-hydrogen) atoms. The number of carbonyl (C=O) groups is 1. The van der Waals surface area contributed by atoms with Crippen LogP contribution >= 0.6 is 23.5 Å². The van der Waals surface area contributed by atoms with Gasteiger partial charge in [0.15, 0.2) is 0 Å². The first-order valence-electron chi connectivity index (χ1n) is 6.20. The quantitative estimate of drug-likeness (QED) is 0.908. The first kappa shape index (κ1) is 14.5. The number of aliphatic imine (C=N–C) groups is 1. The minimum absolute atomic E-state index is 0.179. The largest absolute Gasteiger partial charge is 0.480 e. The Balaban J connectivity index is 2.33. The van der Waals surface area contributed by atoms with Crippen LogP contribution in [-0.4, -0.2) is 26.1 Å². The van der Waals surface area contributed by atoms with Crippen LogP contribution in [0.2, 0.25) is 0 Å². The van der Waals surface area contributed by atoms with Gasteiger partial charge >= 0.3 is 5.97 Å². The minimum atomic E-state index is -0.769. The molecule has 0 radical (unpaired) electrons. The Morgan fingerprint density at radius 2 is 2.16 bits per heavy atom. The smallest absolute Gasteiger partial charge is 0.317 e. The van der Waals surface area contributed by atoms with Gasteiger partial charge in [-0.15, -0.1) is 11.8 Å². The van der Waals surface area contributed by atoms with Crippen molar-refractivity contribution in [2.45, 2.75) is 42.1 Å². The van der Waals surface area contributed by atoms with Crippen LogP contribution in [0.3, 0.4) is 0 Å². The molecular weight excluding hydrogens is 278 g/mol. The summed E-state index contributed by atoms with van der Waals surface area (Å²) in [5.74, 6) is -0.769. The molecule has 0 spiro atoms. The van der Waals surface area contributed by atoms with E-state index in [-0.39, 0.29) is 4.75 Å². The lowest BCUT2D eigenvalue weighted by Crippen LogP contribution is -2.30. The van der Waals surface area contributed by atoms with Crippen molar-refractivity contribution in [2.24, 2.45) is 4.99 Å². The van der Waals surface area contributed by atoms with E-state index in [1.165, 1.54) is 11.8 Å². The number of thioether (sulfide) groups is 2. The highest BCUT2D eigenvalue weighted by molar-refractivity contribution is 8.17. The van der Waals surface area contributed by atoms with Crippen molar-refractivity contribution in [3.05, 3.63) is 24.3 Å². The van der Waals surface area contributed by atoms with Gasteiger partial charge in [0, 0.05) is 4.90 Å². The molecule has 0 bridgehead atoms. The molecule has 102 valence electrons. The number of fused-ring (bicyclic) bond motifs is 1. The van der Waals surface area contributed by atoms with E-state index in [0.29, 0.717) is 6.42 Å². The first-order valence-corrected chi connectivity index (χ1v) is 7.90. The van der Waals surface area contributed by atoms with Gasteiger partial charge in [-0.3, -0.25) is 4.79 Å². The number of carboxylic acid groups (broad SMARTS) is 1. The van der Waals surface area contributed by atoms with E-state index in [9.17, 15) is 9.90 Å². The highest BCUT2D eigenvalue weighted by Gasteiger charge is 2.34. The van der Waals surface area contributed by atoms with Crippen molar-refractivity contribution in [1.82, 2.24) is 0 Å². The molecule has 1 heterocycles. The van der Waals surface area contributed by atoms with Crippen LogP contribution in [0.4, 0.5) is 5.69 Å². The lowest BCUT2D eigenvalue weighted by molar-refractivity contribution is -0.136. The van der Waals surface area contributed by atoms with Crippen molar-refractivity contribution in [2.75, 3.05) is 0 Å². The van der Waals surface area contributed by atoms with Crippen LogP contribution in [0.15, 0.2) is 34.2 Å². The highest BCUT2D eigenvalue weighted by Crippen LogP contribution is 2.46. The number of aliphatic carboxylic acids is 1. The molecule has 2 rings (SSSR count). The lowest BCUT2D eigenvalue weighted by atomic mass is 10.2. The topological polar surface area (TPSA) is 49.7 Å². The molecule has 0 saturated carbocycles. The molecule has 1 atom stereocenters. The molecule has 0 aliphatic carbocycles. The summed E-state index contributed by atoms with van der Waals surface area (Å²) in [6.45, 7) is 6.07. The van der Waals surface area contributed by atoms with Crippen LogP contribution < -0.4 is 0 Å². The fourth-order valence-corrected chi connectivity index (χ4v) is 4.10. The maximum atomic E-state index is 11.2. The zero-order valence-corrected chi connectivity index (χ0v) is 12.8. The second kappa shape index (κ2) is 5.59. The molecule has 1 aliphatic heterocycles. The normalized spacial score (nSPS) is 18.4. The molecule has 1 N–H and O–H groups in total. The summed E-state index contributed by atoms with van der Waals surface area (Å²) in [5.41, 5.74) is 0.939. The van der Waals surface area contributed by atoms with Gasteiger partial charge < -0.3 is 5.11 Å². The second-order valence-electron chi connectivity index (χ2n) is 4.85. The Morgan fingerprint density at radius 1 is 1.47 bits per heavy atom. The fraction of sp³-hybridized carbons (Fsp3) is 0.429. The van der Waals surface area contributed by atoms with Crippen molar-refractivity contribution < 1.29 is 9.90 Å². The van der Waals surface area contributed by atoms with Crippen LogP contribution in [0, 0.1) is 0 Å². The van der Waals surface area contributed by atoms with Crippen molar-refractivity contribution in [1.29, 1.82) is 0 Å². The van der Waals surface area contributed by atoms with E-state index >= 15 is 0 Å². The maximum absolute atomic E-state index is 11.2. The van der Waals surface area contributed by atoms with Crippen LogP contribution in [-0.2, 0) is 4.79 Å². The molecule has 1 aromatic rings. The molecular formula is C14H17NO2S2. The Kier molecular flexibility index (Phi) is 4.26. The standard InChI is InChI=1S/C14H17NO2S2/c1-4-10(12(16)17)18-13-14(2,3)19-11-8-6-5-7-9(11)15-13/h5-8,10H,4H2,1-3H3,(H,16,17). The second-order valence-corrected chi connectivity index (χ2v) is 7.71. The average molecular weight is 295 g/mol. The van der Waals surface area contributed by atoms with Gasteiger partial charge in [-0.2, -0.15) is 0 Å². The zero-order valence-electron chi connectivity index (χ0n) is 11.2. The number of carboxylic acids is 1. The summed E-state index contributed by atoms with van der Waals surface area (Å²) in [5, 5.41) is 9.65. The predicted octanol–water partition coefficient (Wildman–Crippen LogP) is 4.20. The van der Waals surface area contributed by atoms with Crippen LogP contribution in [0.5, 0.6) is 0 Å². The van der Waals surface area contributed by atoms with E-state index in [4.69, 9.17) is 0 Å². The molecule has 0 aromatic heterocycles. The fourth-order valence-electron chi connectivity index (χ4n) is 1.81. The number of hydrogen-bond acceptors (Lipinski definition) is 4. The summed E-state index contributed by atoms with van der Waals surface area (Å²) >= 11 is 3.12. The Morgan fingerprint density at radius 3 is 2.79 bits per heavy atom. The van der Waals surface area contributed by atoms with E-state index in [1.54, 1.807) is 11.8 Å². The number of benzene rings is 1. The third-order valence-electron chi connectivity index (χ3n) is 2.87. The molecule has 0 amide bonds. The third kappa shape index (κ3) is 3.15. The zero-order chi connectivity index (χ0) is 14.0. The van der Waals surface area contributed by atoms with Crippen molar-refractivity contribution >= 4 is 40.2 Å². The number of nitrogens with zero attached hydrogens (tertiary/aromatic N) is 1. The average Bonchev–Trinajstić information content (AvgIpc) is 2.34. The summed E-state index contributed by atoms with van der Waals surface area (Å²) in [7, 11) is 0. The Hall–Kier alpha value is -0.940. The van der Waals surface area contributed by atoms with Crippen LogP contribution in [0.1, 0.15) is 27.2 Å². The summed E-state index contributed by atoms with van der Waals surface area (Å²) in [6.07, 6.45) is 0.599. The molecule has 1 aliphatic rings. The van der Waals surface area contributed by atoms with Gasteiger partial charge in [-0.1, -0.05) is 30.8 Å². The summed E-state index contributed by atoms with van der Waals surface area (Å²) in [6, 6.07) is 7.99. The van der Waals surface area contributed by atoms with Gasteiger partial charge in [-0.25, -0.2) is 4.99 Å². The molecule has 0 saturated heterocycles. The number of hydrogen-bond donors (Lipinski definition) is 1. The monoisotopic (exact) mass is 295 g/mol. The highest BCUT2D eigenvalue weighted by atomic mass is 32.2. The summed E-state index contributed by atoms with van der Waals surface area (Å²) in [4.78, 5) is 17.0. The van der Waals surface area contributed by atoms with E-state index in [1.807, 2.05) is 25.1 Å². The van der Waals surface area contributed by atoms with Gasteiger partial charge in [0.05, 0.1) is 15.5 Å². The molecule has 5 heteroatoms. The number of para-hydroxylation sites is 1. The van der Waals surface area contributed by atoms with Gasteiger partial charge in [0.2, 0.25) is 0 Å². The minimum Gasteiger partial charge on any atom is -0.480 e. The van der Waals surface area contributed by atoms with E-state index in [0.717, 1.165) is 15.6 Å². The van der Waals surface area contributed by atoms with E-state index < -0.39 is 11.2 Å². The summed E-state index contributed by atoms with van der Waals surface area (Å²) < 4.78 is -0.179. The molecule has 1 aromatic carbocycles. The molecule has 1 unspecified atom stereocenters. The Bertz CT molecular complexity index is 526. The van der Waals surface area contributed by atoms with Gasteiger partial charge in [-0.05, 0) is 32.4 Å². The maximum Gasteiger partial charge on any atom is 0.317 e. The SMILES string of the molecule is CCC(SC1=Nc2ccccc2SC1(C)C)C(=O)O. The van der Waals surface area contributed by atoms with Crippen LogP contribution in [0.25, 0.3) is 0 Å². The Labute approximate surface area is 121 Å². The van der Waals surface area contributed by atoms with Gasteiger partial charge in [0.1, 0.15) is 5.25 Å². The van der Waals surface area contributed by atoms with Crippen molar-refractivity contribution in [3.63, 3.8) is 0 Å². The first-order chi connectivity index (χ1) is 8.94. The third-order valence-corrected chi connectivity index (χ3v) is 5.91. The predicted molar refractivity (Wildman–Crippen MR) is 82.8 cm³/mol. The van der Waals surface area contributed by atoms with Gasteiger partial charge in [0.25, 0.3) is 0 Å². The van der Waals surface area contributed by atoms with E-state index in [2.05, 4.69) is 24.9 Å². The molecule has 0 fully saturated rings. The number of rotatable bonds is 3. The lowest BCUT2D eigenvalue weighted by Gasteiger charge is -2.31. The van der Waals surface area contributed by atoms with Crippen molar-refractivity contribution in [3.8, 4) is 0 Å².